The Morgan fingerprint density at radius 2 is 1.86 bits per heavy atom. The van der Waals surface area contributed by atoms with Gasteiger partial charge in [0.15, 0.2) is 5.78 Å². The minimum absolute atomic E-state index is 0.0262. The van der Waals surface area contributed by atoms with Gasteiger partial charge in [-0.2, -0.15) is 0 Å². The van der Waals surface area contributed by atoms with Gasteiger partial charge >= 0.3 is 0 Å². The number of likely N-dealkylation sites (tertiary alicyclic amines) is 1. The summed E-state index contributed by atoms with van der Waals surface area (Å²) in [5, 5.41) is 2.97. The van der Waals surface area contributed by atoms with Crippen LogP contribution in [0.5, 0.6) is 0 Å². The van der Waals surface area contributed by atoms with Crippen molar-refractivity contribution in [3.8, 4) is 0 Å². The Balaban J connectivity index is 1.50. The third kappa shape index (κ3) is 3.97. The molecule has 3 fully saturated rings. The predicted molar refractivity (Wildman–Crippen MR) is 104 cm³/mol. The van der Waals surface area contributed by atoms with Crippen LogP contribution in [0.3, 0.4) is 0 Å². The van der Waals surface area contributed by atoms with E-state index in [2.05, 4.69) is 5.32 Å². The fourth-order valence-electron chi connectivity index (χ4n) is 4.85. The molecule has 2 unspecified atom stereocenters. The summed E-state index contributed by atoms with van der Waals surface area (Å²) in [6.07, 6.45) is 6.94. The maximum Gasteiger partial charge on any atom is 0.251 e. The standard InChI is InChI=1S/C22H28N2O4/c25-18-14-28-19-11-12-24(20(18)19)22(27)17(13-15-7-3-1-4-8-15)23-21(26)16-9-5-2-6-10-16/h2,5-6,9-10,15,17,19-20H,1,3-4,7-8,11-14H2,(H,23,26)/t17-,19?,20?/m0/s1. The highest BCUT2D eigenvalue weighted by Crippen LogP contribution is 2.31. The lowest BCUT2D eigenvalue weighted by molar-refractivity contribution is -0.138. The molecule has 3 aliphatic rings. The highest BCUT2D eigenvalue weighted by atomic mass is 16.5. The van der Waals surface area contributed by atoms with Crippen LogP contribution in [0.2, 0.25) is 0 Å². The lowest BCUT2D eigenvalue weighted by atomic mass is 9.84. The highest BCUT2D eigenvalue weighted by molar-refractivity contribution is 5.99. The fraction of sp³-hybridized carbons (Fsp3) is 0.591. The molecule has 1 N–H and O–H groups in total. The molecule has 2 heterocycles. The predicted octanol–water partition coefficient (Wildman–Crippen LogP) is 2.32. The number of carbonyl (C=O) groups is 3. The van der Waals surface area contributed by atoms with Crippen molar-refractivity contribution in [2.24, 2.45) is 5.92 Å². The molecule has 1 aromatic rings. The van der Waals surface area contributed by atoms with Crippen LogP contribution in [-0.4, -0.2) is 53.8 Å². The fourth-order valence-corrected chi connectivity index (χ4v) is 4.85. The van der Waals surface area contributed by atoms with Crippen molar-refractivity contribution in [3.63, 3.8) is 0 Å². The number of ether oxygens (including phenoxy) is 1. The molecule has 6 heteroatoms. The maximum atomic E-state index is 13.4. The van der Waals surface area contributed by atoms with Crippen molar-refractivity contribution >= 4 is 17.6 Å². The second-order valence-corrected chi connectivity index (χ2v) is 8.21. The number of hydrogen-bond donors (Lipinski definition) is 1. The summed E-state index contributed by atoms with van der Waals surface area (Å²) in [6, 6.07) is 7.91. The summed E-state index contributed by atoms with van der Waals surface area (Å²) in [5.41, 5.74) is 0.545. The molecular formula is C22H28N2O4. The average molecular weight is 384 g/mol. The smallest absolute Gasteiger partial charge is 0.251 e. The minimum Gasteiger partial charge on any atom is -0.368 e. The van der Waals surface area contributed by atoms with Crippen LogP contribution in [0.1, 0.15) is 55.3 Å². The topological polar surface area (TPSA) is 75.7 Å². The third-order valence-corrected chi connectivity index (χ3v) is 6.33. The van der Waals surface area contributed by atoms with E-state index >= 15 is 0 Å². The van der Waals surface area contributed by atoms with E-state index < -0.39 is 12.1 Å². The number of fused-ring (bicyclic) bond motifs is 1. The zero-order valence-corrected chi connectivity index (χ0v) is 16.1. The number of nitrogens with zero attached hydrogens (tertiary/aromatic N) is 1. The van der Waals surface area contributed by atoms with Gasteiger partial charge in [-0.1, -0.05) is 50.3 Å². The molecule has 150 valence electrons. The van der Waals surface area contributed by atoms with E-state index in [9.17, 15) is 14.4 Å². The number of Topliss-reactive ketones (excluding diaryl/α,β-unsaturated/α-hetero) is 1. The Morgan fingerprint density at radius 3 is 2.61 bits per heavy atom. The number of rotatable bonds is 5. The molecule has 28 heavy (non-hydrogen) atoms. The number of carbonyl (C=O) groups excluding carboxylic acids is 3. The monoisotopic (exact) mass is 384 g/mol. The van der Waals surface area contributed by atoms with E-state index in [1.807, 2.05) is 18.2 Å². The summed E-state index contributed by atoms with van der Waals surface area (Å²) in [4.78, 5) is 40.0. The van der Waals surface area contributed by atoms with Crippen LogP contribution in [0.15, 0.2) is 30.3 Å². The lowest BCUT2D eigenvalue weighted by Crippen LogP contribution is -2.52. The molecule has 0 radical (unpaired) electrons. The Labute approximate surface area is 165 Å². The Bertz CT molecular complexity index is 729. The molecule has 1 aromatic carbocycles. The summed E-state index contributed by atoms with van der Waals surface area (Å²) in [6.45, 7) is 0.602. The molecule has 2 amide bonds. The average Bonchev–Trinajstić information content (AvgIpc) is 3.31. The third-order valence-electron chi connectivity index (χ3n) is 6.33. The van der Waals surface area contributed by atoms with Crippen LogP contribution in [0, 0.1) is 5.92 Å². The van der Waals surface area contributed by atoms with Gasteiger partial charge in [-0.25, -0.2) is 0 Å². The van der Waals surface area contributed by atoms with Crippen LogP contribution in [-0.2, 0) is 14.3 Å². The van der Waals surface area contributed by atoms with Crippen LogP contribution in [0.25, 0.3) is 0 Å². The number of benzene rings is 1. The van der Waals surface area contributed by atoms with Gasteiger partial charge in [-0.15, -0.1) is 0 Å². The van der Waals surface area contributed by atoms with Gasteiger partial charge in [0, 0.05) is 12.1 Å². The van der Waals surface area contributed by atoms with Crippen molar-refractivity contribution in [2.75, 3.05) is 13.2 Å². The van der Waals surface area contributed by atoms with E-state index in [0.29, 0.717) is 30.9 Å². The lowest BCUT2D eigenvalue weighted by Gasteiger charge is -2.31. The Hall–Kier alpha value is -2.21. The molecule has 3 atom stereocenters. The van der Waals surface area contributed by atoms with Crippen molar-refractivity contribution in [2.45, 2.75) is 63.1 Å². The van der Waals surface area contributed by atoms with Crippen molar-refractivity contribution < 1.29 is 19.1 Å². The molecule has 0 spiro atoms. The number of hydrogen-bond acceptors (Lipinski definition) is 4. The van der Waals surface area contributed by atoms with Gasteiger partial charge in [0.05, 0.1) is 6.10 Å². The first-order valence-electron chi connectivity index (χ1n) is 10.4. The number of ketones is 1. The van der Waals surface area contributed by atoms with Gasteiger partial charge in [0.25, 0.3) is 5.91 Å². The first-order chi connectivity index (χ1) is 13.6. The zero-order chi connectivity index (χ0) is 19.5. The molecule has 1 aliphatic carbocycles. The largest absolute Gasteiger partial charge is 0.368 e. The molecule has 0 aromatic heterocycles. The van der Waals surface area contributed by atoms with Gasteiger partial charge in [-0.05, 0) is 30.9 Å². The van der Waals surface area contributed by atoms with E-state index in [1.165, 1.54) is 19.3 Å². The van der Waals surface area contributed by atoms with Gasteiger partial charge in [0.1, 0.15) is 18.7 Å². The van der Waals surface area contributed by atoms with Crippen LogP contribution in [0.4, 0.5) is 0 Å². The highest BCUT2D eigenvalue weighted by Gasteiger charge is 2.48. The van der Waals surface area contributed by atoms with E-state index in [0.717, 1.165) is 12.8 Å². The van der Waals surface area contributed by atoms with Crippen LogP contribution < -0.4 is 5.32 Å². The molecular weight excluding hydrogens is 356 g/mol. The normalized spacial score (nSPS) is 26.1. The van der Waals surface area contributed by atoms with Crippen LogP contribution >= 0.6 is 0 Å². The van der Waals surface area contributed by atoms with Gasteiger partial charge in [0.2, 0.25) is 5.91 Å². The summed E-state index contributed by atoms with van der Waals surface area (Å²) in [7, 11) is 0. The van der Waals surface area contributed by atoms with Gasteiger partial charge < -0.3 is 15.0 Å². The summed E-state index contributed by atoms with van der Waals surface area (Å²) >= 11 is 0. The van der Waals surface area contributed by atoms with E-state index in [1.54, 1.807) is 17.0 Å². The Kier molecular flexibility index (Phi) is 5.76. The molecule has 1 saturated carbocycles. The maximum absolute atomic E-state index is 13.4. The van der Waals surface area contributed by atoms with Crippen molar-refractivity contribution in [3.05, 3.63) is 35.9 Å². The first kappa shape index (κ1) is 19.1. The summed E-state index contributed by atoms with van der Waals surface area (Å²) < 4.78 is 5.52. The SMILES string of the molecule is O=C(N[C@@H](CC1CCCCC1)C(=O)N1CCC2OCC(=O)C21)c1ccccc1. The summed E-state index contributed by atoms with van der Waals surface area (Å²) in [5.74, 6) is 0.0371. The van der Waals surface area contributed by atoms with Crippen molar-refractivity contribution in [1.82, 2.24) is 10.2 Å². The van der Waals surface area contributed by atoms with E-state index in [4.69, 9.17) is 4.74 Å². The van der Waals surface area contributed by atoms with Crippen molar-refractivity contribution in [1.29, 1.82) is 0 Å². The number of amides is 2. The number of nitrogens with one attached hydrogen (secondary N) is 1. The van der Waals surface area contributed by atoms with E-state index in [-0.39, 0.29) is 30.3 Å². The second-order valence-electron chi connectivity index (χ2n) is 8.21. The first-order valence-corrected chi connectivity index (χ1v) is 10.4. The quantitative estimate of drug-likeness (QED) is 0.845. The van der Waals surface area contributed by atoms with Gasteiger partial charge in [-0.3, -0.25) is 14.4 Å². The molecule has 6 nitrogen and oxygen atoms in total. The molecule has 2 saturated heterocycles. The minimum atomic E-state index is -0.594. The Morgan fingerprint density at radius 1 is 1.11 bits per heavy atom. The molecule has 0 bridgehead atoms. The molecule has 4 rings (SSSR count). The molecule has 2 aliphatic heterocycles. The zero-order valence-electron chi connectivity index (χ0n) is 16.1. The second kappa shape index (κ2) is 8.43.